The maximum Gasteiger partial charge on any atom is 0.335 e. The molecule has 3 aliphatic heterocycles. The fourth-order valence-corrected chi connectivity index (χ4v) is 7.71. The van der Waals surface area contributed by atoms with E-state index in [1.807, 2.05) is 0 Å². The lowest BCUT2D eigenvalue weighted by molar-refractivity contribution is -0.0334. The summed E-state index contributed by atoms with van der Waals surface area (Å²) in [4.78, 5) is 61.6. The average Bonchev–Trinajstić information content (AvgIpc) is 0.949. The zero-order valence-electron chi connectivity index (χ0n) is 64.3. The number of carbonyl (C=O) groups is 6. The molecule has 0 aromatic heterocycles. The number of rotatable bonds is 6. The third kappa shape index (κ3) is 63.7. The first-order chi connectivity index (χ1) is 55.2. The maximum absolute atomic E-state index is 10.3. The number of hydrogen-bond acceptors (Lipinski definition) is 30. The molecule has 6 aromatic rings. The van der Waals surface area contributed by atoms with Gasteiger partial charge in [-0.1, -0.05) is 0 Å². The maximum atomic E-state index is 10.3. The highest BCUT2D eigenvalue weighted by Crippen LogP contribution is 2.09. The van der Waals surface area contributed by atoms with Gasteiger partial charge in [-0.25, -0.2) is 28.8 Å². The van der Waals surface area contributed by atoms with Gasteiger partial charge in [0.15, 0.2) is 0 Å². The summed E-state index contributed by atoms with van der Waals surface area (Å²) in [6.07, 6.45) is 0. The lowest BCUT2D eigenvalue weighted by Gasteiger charge is -2.09. The minimum atomic E-state index is -0.931. The SMILES string of the molecule is C1COCCOCCOCCOCCOCCO1.C1COCCOCCOCCOCCOCCO1.C1COCCOCCOCCOCCOCCO1.Nc1ccc(C(=O)O)cc1.Nc1ccc(C(=O)O)cc1.Nc1ccc(C(=O)O)cc1.Nc1ccc(C(=O)O)cc1.Nc1ccc(C(=O)O)cc1.Nc1ccc(C(=O)O)cc1. The number of carboxylic acid groups (broad SMARTS) is 6. The molecule has 36 nitrogen and oxygen atoms in total. The first-order valence-electron chi connectivity index (χ1n) is 36.1. The van der Waals surface area contributed by atoms with Gasteiger partial charge in [-0.2, -0.15) is 0 Å². The van der Waals surface area contributed by atoms with Gasteiger partial charge in [-0.3, -0.25) is 0 Å². The molecule has 114 heavy (non-hydrogen) atoms. The van der Waals surface area contributed by atoms with E-state index in [9.17, 15) is 28.8 Å². The van der Waals surface area contributed by atoms with Gasteiger partial charge in [0.1, 0.15) is 0 Å². The van der Waals surface area contributed by atoms with E-state index in [1.54, 1.807) is 72.8 Å². The quantitative estimate of drug-likeness (QED) is 0.0838. The van der Waals surface area contributed by atoms with Gasteiger partial charge in [0.05, 0.1) is 271 Å². The van der Waals surface area contributed by atoms with Crippen molar-refractivity contribution in [3.63, 3.8) is 0 Å². The van der Waals surface area contributed by atoms with Crippen LogP contribution < -0.4 is 34.4 Å². The third-order valence-corrected chi connectivity index (χ3v) is 13.6. The van der Waals surface area contributed by atoms with E-state index in [1.165, 1.54) is 72.8 Å². The second kappa shape index (κ2) is 72.2. The molecule has 6 aromatic carbocycles. The van der Waals surface area contributed by atoms with Gasteiger partial charge in [-0.05, 0) is 146 Å². The molecular formula is C78H114N6O30. The predicted molar refractivity (Wildman–Crippen MR) is 422 cm³/mol. The van der Waals surface area contributed by atoms with Crippen LogP contribution in [0.3, 0.4) is 0 Å². The lowest BCUT2D eigenvalue weighted by atomic mass is 10.2. The summed E-state index contributed by atoms with van der Waals surface area (Å²) in [5.74, 6) is -5.58. The van der Waals surface area contributed by atoms with E-state index < -0.39 is 35.8 Å². The molecule has 18 N–H and O–H groups in total. The standard InChI is InChI=1S/3C12H24O6.6C7H7NO2/c3*1-2-14-5-6-16-9-10-18-12-11-17-8-7-15-4-3-13-1;6*8-6-3-1-5(2-4-6)7(9)10/h3*1-12H2;6*1-4H,8H2,(H,9,10). The number of aromatic carboxylic acids is 6. The Morgan fingerprint density at radius 2 is 0.211 bits per heavy atom. The van der Waals surface area contributed by atoms with Crippen LogP contribution in [0, 0.1) is 0 Å². The van der Waals surface area contributed by atoms with E-state index in [-0.39, 0.29) is 33.4 Å². The molecule has 0 spiro atoms. The molecule has 0 amide bonds. The first kappa shape index (κ1) is 102. The summed E-state index contributed by atoms with van der Waals surface area (Å²) < 4.78 is 95.9. The zero-order chi connectivity index (χ0) is 83.5. The molecule has 3 heterocycles. The minimum absolute atomic E-state index is 0.259. The van der Waals surface area contributed by atoms with Gasteiger partial charge in [0.2, 0.25) is 0 Å². The predicted octanol–water partition coefficient (Wildman–Crippen LogP) is 6.10. The molecule has 3 saturated heterocycles. The number of ether oxygens (including phenoxy) is 18. The van der Waals surface area contributed by atoms with Crippen LogP contribution >= 0.6 is 0 Å². The smallest absolute Gasteiger partial charge is 0.335 e. The van der Waals surface area contributed by atoms with Crippen molar-refractivity contribution < 1.29 is 145 Å². The largest absolute Gasteiger partial charge is 0.478 e. The van der Waals surface area contributed by atoms with Crippen LogP contribution in [0.25, 0.3) is 0 Å². The molecule has 0 saturated carbocycles. The van der Waals surface area contributed by atoms with Crippen LogP contribution in [0.4, 0.5) is 34.1 Å². The van der Waals surface area contributed by atoms with E-state index in [2.05, 4.69) is 0 Å². The second-order valence-electron chi connectivity index (χ2n) is 22.6. The van der Waals surface area contributed by atoms with Gasteiger partial charge < -0.3 is 150 Å². The Morgan fingerprint density at radius 3 is 0.263 bits per heavy atom. The van der Waals surface area contributed by atoms with E-state index in [0.29, 0.717) is 272 Å². The lowest BCUT2D eigenvalue weighted by Crippen LogP contribution is -2.16. The van der Waals surface area contributed by atoms with Crippen LogP contribution in [0.5, 0.6) is 0 Å². The molecule has 0 radical (unpaired) electrons. The summed E-state index contributed by atoms with van der Waals surface area (Å²) in [5, 5.41) is 50.6. The van der Waals surface area contributed by atoms with Crippen molar-refractivity contribution in [2.24, 2.45) is 0 Å². The minimum Gasteiger partial charge on any atom is -0.478 e. The summed E-state index contributed by atoms with van der Waals surface area (Å²) in [5.41, 5.74) is 37.0. The molecule has 9 rings (SSSR count). The Morgan fingerprint density at radius 1 is 0.149 bits per heavy atom. The fraction of sp³-hybridized carbons (Fsp3) is 0.462. The molecule has 3 aliphatic rings. The van der Waals surface area contributed by atoms with Gasteiger partial charge in [0.25, 0.3) is 0 Å². The summed E-state index contributed by atoms with van der Waals surface area (Å²) in [6.45, 7) is 21.1. The Balaban J connectivity index is 0.000000649. The molecule has 0 unspecified atom stereocenters. The monoisotopic (exact) mass is 1610 g/mol. The molecule has 636 valence electrons. The molecule has 0 aliphatic carbocycles. The van der Waals surface area contributed by atoms with E-state index in [4.69, 9.17) is 150 Å². The zero-order valence-corrected chi connectivity index (χ0v) is 64.3. The summed E-state index contributed by atoms with van der Waals surface area (Å²) in [6, 6.07) is 36.3. The number of benzene rings is 6. The second-order valence-corrected chi connectivity index (χ2v) is 22.6. The van der Waals surface area contributed by atoms with Crippen molar-refractivity contribution in [1.82, 2.24) is 0 Å². The van der Waals surface area contributed by atoms with Crippen molar-refractivity contribution in [1.29, 1.82) is 0 Å². The van der Waals surface area contributed by atoms with Crippen molar-refractivity contribution in [2.75, 3.05) is 272 Å². The summed E-state index contributed by atoms with van der Waals surface area (Å²) >= 11 is 0. The van der Waals surface area contributed by atoms with Crippen molar-refractivity contribution in [3.8, 4) is 0 Å². The molecule has 36 heteroatoms. The van der Waals surface area contributed by atoms with Crippen LogP contribution in [-0.4, -0.2) is 304 Å². The van der Waals surface area contributed by atoms with Crippen LogP contribution in [0.1, 0.15) is 62.1 Å². The van der Waals surface area contributed by atoms with Gasteiger partial charge >= 0.3 is 35.8 Å². The van der Waals surface area contributed by atoms with Crippen LogP contribution in [0.15, 0.2) is 146 Å². The summed E-state index contributed by atoms with van der Waals surface area (Å²) in [7, 11) is 0. The number of anilines is 6. The normalized spacial score (nSPS) is 16.2. The molecule has 0 atom stereocenters. The Hall–Kier alpha value is -9.78. The highest BCUT2D eigenvalue weighted by Gasteiger charge is 2.06. The highest BCUT2D eigenvalue weighted by atomic mass is 16.6. The Bertz CT molecular complexity index is 2590. The topological polar surface area (TPSA) is 546 Å². The van der Waals surface area contributed by atoms with Crippen molar-refractivity contribution in [2.45, 2.75) is 0 Å². The van der Waals surface area contributed by atoms with Crippen LogP contribution in [-0.2, 0) is 85.3 Å². The number of hydrogen-bond donors (Lipinski definition) is 12. The average molecular weight is 1620 g/mol. The molecule has 0 bridgehead atoms. The number of nitrogen functional groups attached to an aromatic ring is 6. The Kier molecular flexibility index (Phi) is 64.7. The molecular weight excluding hydrogens is 1500 g/mol. The number of carboxylic acids is 6. The Labute approximate surface area is 663 Å². The van der Waals surface area contributed by atoms with E-state index in [0.717, 1.165) is 0 Å². The highest BCUT2D eigenvalue weighted by molar-refractivity contribution is 5.90. The number of nitrogens with two attached hydrogens (primary N) is 6. The van der Waals surface area contributed by atoms with Gasteiger partial charge in [0, 0.05) is 34.1 Å². The third-order valence-electron chi connectivity index (χ3n) is 13.6. The van der Waals surface area contributed by atoms with Gasteiger partial charge in [-0.15, -0.1) is 0 Å². The van der Waals surface area contributed by atoms with Crippen molar-refractivity contribution >= 4 is 69.9 Å². The van der Waals surface area contributed by atoms with E-state index >= 15 is 0 Å². The fourth-order valence-electron chi connectivity index (χ4n) is 7.71. The van der Waals surface area contributed by atoms with Crippen molar-refractivity contribution in [3.05, 3.63) is 179 Å². The molecule has 3 fully saturated rings. The van der Waals surface area contributed by atoms with Crippen LogP contribution in [0.2, 0.25) is 0 Å². The first-order valence-corrected chi connectivity index (χ1v) is 36.1.